The van der Waals surface area contributed by atoms with Crippen molar-refractivity contribution < 1.29 is 19.4 Å². The van der Waals surface area contributed by atoms with Gasteiger partial charge in [-0.15, -0.1) is 0 Å². The SMILES string of the molecule is CCCCCC1OC1C(O)/C=C\CCCCCCCC(=O)OC. The van der Waals surface area contributed by atoms with Crippen LogP contribution >= 0.6 is 0 Å². The van der Waals surface area contributed by atoms with E-state index in [1.807, 2.05) is 6.08 Å². The van der Waals surface area contributed by atoms with Crippen molar-refractivity contribution in [3.8, 4) is 0 Å². The molecular formula is C19H34O4. The topological polar surface area (TPSA) is 59.1 Å². The number of aliphatic hydroxyl groups excluding tert-OH is 1. The highest BCUT2D eigenvalue weighted by atomic mass is 16.6. The Morgan fingerprint density at radius 1 is 1.17 bits per heavy atom. The van der Waals surface area contributed by atoms with Crippen molar-refractivity contribution >= 4 is 5.97 Å². The summed E-state index contributed by atoms with van der Waals surface area (Å²) in [5, 5.41) is 10.0. The molecule has 1 heterocycles. The van der Waals surface area contributed by atoms with E-state index in [0.29, 0.717) is 6.42 Å². The molecule has 1 saturated heterocycles. The first-order chi connectivity index (χ1) is 11.2. The van der Waals surface area contributed by atoms with Crippen molar-refractivity contribution in [3.63, 3.8) is 0 Å². The van der Waals surface area contributed by atoms with Gasteiger partial charge in [-0.25, -0.2) is 0 Å². The summed E-state index contributed by atoms with van der Waals surface area (Å²) >= 11 is 0. The summed E-state index contributed by atoms with van der Waals surface area (Å²) in [4.78, 5) is 10.9. The van der Waals surface area contributed by atoms with Crippen molar-refractivity contribution in [2.75, 3.05) is 7.11 Å². The monoisotopic (exact) mass is 326 g/mol. The highest BCUT2D eigenvalue weighted by Gasteiger charge is 2.42. The maximum absolute atomic E-state index is 10.9. The first-order valence-electron chi connectivity index (χ1n) is 9.26. The minimum atomic E-state index is -0.443. The lowest BCUT2D eigenvalue weighted by molar-refractivity contribution is -0.140. The molecule has 1 N–H and O–H groups in total. The lowest BCUT2D eigenvalue weighted by atomic mass is 10.1. The van der Waals surface area contributed by atoms with E-state index >= 15 is 0 Å². The van der Waals surface area contributed by atoms with Crippen LogP contribution in [0.25, 0.3) is 0 Å². The Balaban J connectivity index is 1.91. The van der Waals surface area contributed by atoms with Crippen LogP contribution in [0.4, 0.5) is 0 Å². The molecule has 0 radical (unpaired) electrons. The molecule has 23 heavy (non-hydrogen) atoms. The van der Waals surface area contributed by atoms with Gasteiger partial charge in [0.25, 0.3) is 0 Å². The molecule has 0 bridgehead atoms. The maximum Gasteiger partial charge on any atom is 0.305 e. The standard InChI is InChI=1S/C19H34O4/c1-3-4-10-14-17-19(23-17)16(20)13-11-8-6-5-7-9-12-15-18(21)22-2/h11,13,16-17,19-20H,3-10,12,14-15H2,1-2H3/b13-11-. The van der Waals surface area contributed by atoms with Crippen LogP contribution in [0.1, 0.15) is 77.6 Å². The summed E-state index contributed by atoms with van der Waals surface area (Å²) in [6.45, 7) is 2.20. The number of epoxide rings is 1. The number of hydrogen-bond donors (Lipinski definition) is 1. The number of methoxy groups -OCH3 is 1. The number of unbranched alkanes of at least 4 members (excludes halogenated alkanes) is 7. The average Bonchev–Trinajstić information content (AvgIpc) is 3.32. The van der Waals surface area contributed by atoms with Gasteiger partial charge in [0.2, 0.25) is 0 Å². The van der Waals surface area contributed by atoms with Crippen LogP contribution in [0.3, 0.4) is 0 Å². The molecule has 1 aliphatic heterocycles. The van der Waals surface area contributed by atoms with Gasteiger partial charge >= 0.3 is 5.97 Å². The molecule has 4 heteroatoms. The number of rotatable bonds is 14. The smallest absolute Gasteiger partial charge is 0.305 e. The number of aliphatic hydroxyl groups is 1. The van der Waals surface area contributed by atoms with Crippen LogP contribution in [-0.2, 0) is 14.3 Å². The van der Waals surface area contributed by atoms with Gasteiger partial charge in [0.1, 0.15) is 12.2 Å². The normalized spacial score (nSPS) is 21.5. The van der Waals surface area contributed by atoms with E-state index in [2.05, 4.69) is 17.7 Å². The van der Waals surface area contributed by atoms with Crippen LogP contribution in [0, 0.1) is 0 Å². The Hall–Kier alpha value is -0.870. The molecule has 0 saturated carbocycles. The van der Waals surface area contributed by atoms with E-state index in [1.54, 1.807) is 0 Å². The second kappa shape index (κ2) is 12.5. The Labute approximate surface area is 141 Å². The molecule has 0 amide bonds. The summed E-state index contributed by atoms with van der Waals surface area (Å²) in [6.07, 6.45) is 15.6. The summed E-state index contributed by atoms with van der Waals surface area (Å²) in [5.74, 6) is -0.114. The highest BCUT2D eigenvalue weighted by Crippen LogP contribution is 2.30. The number of carbonyl (C=O) groups is 1. The minimum absolute atomic E-state index is 0.0291. The fraction of sp³-hybridized carbons (Fsp3) is 0.842. The van der Waals surface area contributed by atoms with Gasteiger partial charge in [-0.1, -0.05) is 57.6 Å². The van der Waals surface area contributed by atoms with Gasteiger partial charge in [-0.3, -0.25) is 4.79 Å². The summed E-state index contributed by atoms with van der Waals surface area (Å²) in [6, 6.07) is 0. The molecule has 0 spiro atoms. The van der Waals surface area contributed by atoms with Crippen molar-refractivity contribution in [2.24, 2.45) is 0 Å². The molecule has 1 fully saturated rings. The van der Waals surface area contributed by atoms with Crippen molar-refractivity contribution in [3.05, 3.63) is 12.2 Å². The number of carbonyl (C=O) groups excluding carboxylic acids is 1. The lowest BCUT2D eigenvalue weighted by Gasteiger charge is -2.02. The van der Waals surface area contributed by atoms with E-state index in [9.17, 15) is 9.90 Å². The van der Waals surface area contributed by atoms with Crippen molar-refractivity contribution in [2.45, 2.75) is 95.9 Å². The molecule has 1 rings (SSSR count). The molecule has 4 nitrogen and oxygen atoms in total. The quantitative estimate of drug-likeness (QED) is 0.225. The predicted octanol–water partition coefficient (Wildman–Crippen LogP) is 4.15. The Bertz CT molecular complexity index is 340. The minimum Gasteiger partial charge on any atom is -0.469 e. The van der Waals surface area contributed by atoms with E-state index in [0.717, 1.165) is 38.5 Å². The highest BCUT2D eigenvalue weighted by molar-refractivity contribution is 5.68. The van der Waals surface area contributed by atoms with E-state index in [1.165, 1.54) is 32.8 Å². The second-order valence-electron chi connectivity index (χ2n) is 6.44. The largest absolute Gasteiger partial charge is 0.469 e. The zero-order chi connectivity index (χ0) is 16.9. The Morgan fingerprint density at radius 3 is 2.65 bits per heavy atom. The molecular weight excluding hydrogens is 292 g/mol. The predicted molar refractivity (Wildman–Crippen MR) is 92.3 cm³/mol. The van der Waals surface area contributed by atoms with E-state index in [-0.39, 0.29) is 18.2 Å². The molecule has 3 unspecified atom stereocenters. The molecule has 0 aliphatic carbocycles. The van der Waals surface area contributed by atoms with Crippen LogP contribution in [0.2, 0.25) is 0 Å². The van der Waals surface area contributed by atoms with Gasteiger partial charge in [0.05, 0.1) is 13.2 Å². The lowest BCUT2D eigenvalue weighted by Crippen LogP contribution is -2.13. The Morgan fingerprint density at radius 2 is 1.91 bits per heavy atom. The van der Waals surface area contributed by atoms with Gasteiger partial charge in [0, 0.05) is 6.42 Å². The fourth-order valence-corrected chi connectivity index (χ4v) is 2.79. The van der Waals surface area contributed by atoms with Crippen LogP contribution in [0.5, 0.6) is 0 Å². The van der Waals surface area contributed by atoms with Gasteiger partial charge in [-0.05, 0) is 25.7 Å². The number of esters is 1. The van der Waals surface area contributed by atoms with E-state index in [4.69, 9.17) is 4.74 Å². The maximum atomic E-state index is 10.9. The van der Waals surface area contributed by atoms with Gasteiger partial charge < -0.3 is 14.6 Å². The molecule has 3 atom stereocenters. The van der Waals surface area contributed by atoms with Crippen LogP contribution in [0.15, 0.2) is 12.2 Å². The molecule has 134 valence electrons. The number of ether oxygens (including phenoxy) is 2. The third kappa shape index (κ3) is 9.77. The molecule has 1 aliphatic rings. The number of allylic oxidation sites excluding steroid dienone is 1. The van der Waals surface area contributed by atoms with Crippen molar-refractivity contribution in [1.82, 2.24) is 0 Å². The van der Waals surface area contributed by atoms with Crippen molar-refractivity contribution in [1.29, 1.82) is 0 Å². The third-order valence-electron chi connectivity index (χ3n) is 4.36. The first-order valence-corrected chi connectivity index (χ1v) is 9.26. The Kier molecular flexibility index (Phi) is 11.0. The zero-order valence-electron chi connectivity index (χ0n) is 14.8. The average molecular weight is 326 g/mol. The third-order valence-corrected chi connectivity index (χ3v) is 4.36. The first kappa shape index (κ1) is 20.2. The number of hydrogen-bond acceptors (Lipinski definition) is 4. The van der Waals surface area contributed by atoms with Gasteiger partial charge in [0.15, 0.2) is 0 Å². The van der Waals surface area contributed by atoms with Crippen LogP contribution < -0.4 is 0 Å². The fourth-order valence-electron chi connectivity index (χ4n) is 2.79. The van der Waals surface area contributed by atoms with Gasteiger partial charge in [-0.2, -0.15) is 0 Å². The summed E-state index contributed by atoms with van der Waals surface area (Å²) in [7, 11) is 1.43. The summed E-state index contributed by atoms with van der Waals surface area (Å²) < 4.78 is 10.1. The zero-order valence-corrected chi connectivity index (χ0v) is 14.8. The second-order valence-corrected chi connectivity index (χ2v) is 6.44. The molecule has 0 aromatic heterocycles. The molecule has 0 aromatic carbocycles. The summed E-state index contributed by atoms with van der Waals surface area (Å²) in [5.41, 5.74) is 0. The van der Waals surface area contributed by atoms with E-state index < -0.39 is 6.10 Å². The molecule has 0 aromatic rings. The van der Waals surface area contributed by atoms with Crippen LogP contribution in [-0.4, -0.2) is 36.5 Å².